The van der Waals surface area contributed by atoms with Crippen LogP contribution in [-0.2, 0) is 16.6 Å². The van der Waals surface area contributed by atoms with Crippen LogP contribution in [0.3, 0.4) is 0 Å². The average molecular weight is 325 g/mol. The smallest absolute Gasteiger partial charge is 0.282 e. The van der Waals surface area contributed by atoms with Crippen molar-refractivity contribution >= 4 is 10.2 Å². The number of rotatable bonds is 6. The van der Waals surface area contributed by atoms with Gasteiger partial charge in [-0.15, -0.1) is 0 Å². The van der Waals surface area contributed by atoms with Gasteiger partial charge in [-0.05, 0) is 17.5 Å². The fraction of sp³-hybridized carbons (Fsp3) is 0.625. The van der Waals surface area contributed by atoms with Gasteiger partial charge < -0.3 is 5.32 Å². The molecular weight excluding hydrogens is 298 g/mol. The van der Waals surface area contributed by atoms with E-state index >= 15 is 0 Å². The Labute approximate surface area is 134 Å². The van der Waals surface area contributed by atoms with Gasteiger partial charge in [0.25, 0.3) is 10.2 Å². The summed E-state index contributed by atoms with van der Waals surface area (Å²) in [4.78, 5) is 0. The lowest BCUT2D eigenvalue weighted by Gasteiger charge is -2.38. The summed E-state index contributed by atoms with van der Waals surface area (Å²) in [6.45, 7) is 8.76. The first kappa shape index (κ1) is 17.4. The molecule has 5 nitrogen and oxygen atoms in total. The molecule has 1 aliphatic rings. The zero-order chi connectivity index (χ0) is 16.2. The molecule has 1 aromatic rings. The maximum atomic E-state index is 12.9. The van der Waals surface area contributed by atoms with Crippen molar-refractivity contribution in [3.05, 3.63) is 35.4 Å². The number of hydrogen-bond donors (Lipinski definition) is 1. The van der Waals surface area contributed by atoms with Gasteiger partial charge in [-0.25, -0.2) is 0 Å². The van der Waals surface area contributed by atoms with E-state index in [0.29, 0.717) is 32.7 Å². The number of hydrogen-bond acceptors (Lipinski definition) is 3. The SMILES string of the molecule is CCc1ccc(C2CNCCN2S(=O)(=O)N(CC)CC)cc1. The van der Waals surface area contributed by atoms with Crippen LogP contribution in [0.5, 0.6) is 0 Å². The molecule has 1 heterocycles. The van der Waals surface area contributed by atoms with E-state index in [1.54, 1.807) is 4.31 Å². The van der Waals surface area contributed by atoms with Crippen molar-refractivity contribution in [2.45, 2.75) is 33.2 Å². The molecule has 0 amide bonds. The van der Waals surface area contributed by atoms with E-state index in [4.69, 9.17) is 0 Å². The Morgan fingerprint density at radius 1 is 1.18 bits per heavy atom. The highest BCUT2D eigenvalue weighted by Gasteiger charge is 2.36. The zero-order valence-electron chi connectivity index (χ0n) is 13.7. The molecule has 0 spiro atoms. The van der Waals surface area contributed by atoms with Crippen LogP contribution >= 0.6 is 0 Å². The molecule has 0 saturated carbocycles. The van der Waals surface area contributed by atoms with E-state index in [0.717, 1.165) is 12.0 Å². The van der Waals surface area contributed by atoms with E-state index in [-0.39, 0.29) is 6.04 Å². The highest BCUT2D eigenvalue weighted by atomic mass is 32.2. The Morgan fingerprint density at radius 2 is 1.82 bits per heavy atom. The molecule has 1 atom stereocenters. The molecule has 1 aliphatic heterocycles. The molecular formula is C16H27N3O2S. The fourth-order valence-corrected chi connectivity index (χ4v) is 4.71. The summed E-state index contributed by atoms with van der Waals surface area (Å²) in [5, 5.41) is 3.31. The van der Waals surface area contributed by atoms with E-state index in [1.165, 1.54) is 9.87 Å². The van der Waals surface area contributed by atoms with Gasteiger partial charge in [0.05, 0.1) is 6.04 Å². The lowest BCUT2D eigenvalue weighted by Crippen LogP contribution is -2.53. The molecule has 1 unspecified atom stereocenters. The maximum Gasteiger partial charge on any atom is 0.282 e. The highest BCUT2D eigenvalue weighted by molar-refractivity contribution is 7.86. The standard InChI is InChI=1S/C16H27N3O2S/c1-4-14-7-9-15(10-8-14)16-13-17-11-12-19(16)22(20,21)18(5-2)6-3/h7-10,16-17H,4-6,11-13H2,1-3H3. The molecule has 2 rings (SSSR count). The second-order valence-electron chi connectivity index (χ2n) is 5.52. The molecule has 0 aliphatic carbocycles. The Bertz CT molecular complexity index is 568. The molecule has 0 aromatic heterocycles. The van der Waals surface area contributed by atoms with Crippen LogP contribution in [0.1, 0.15) is 37.9 Å². The van der Waals surface area contributed by atoms with Gasteiger partial charge in [-0.1, -0.05) is 45.0 Å². The second kappa shape index (κ2) is 7.55. The first-order chi connectivity index (χ1) is 10.5. The van der Waals surface area contributed by atoms with Gasteiger partial charge in [-0.2, -0.15) is 17.0 Å². The topological polar surface area (TPSA) is 52.7 Å². The fourth-order valence-electron chi connectivity index (χ4n) is 2.92. The summed E-state index contributed by atoms with van der Waals surface area (Å²) in [6, 6.07) is 8.16. The van der Waals surface area contributed by atoms with Crippen molar-refractivity contribution in [3.8, 4) is 0 Å². The number of benzene rings is 1. The van der Waals surface area contributed by atoms with Crippen LogP contribution in [-0.4, -0.2) is 49.8 Å². The molecule has 0 radical (unpaired) electrons. The Kier molecular flexibility index (Phi) is 5.97. The van der Waals surface area contributed by atoms with Crippen LogP contribution in [0.2, 0.25) is 0 Å². The third kappa shape index (κ3) is 3.51. The van der Waals surface area contributed by atoms with Gasteiger partial charge in [0.2, 0.25) is 0 Å². The summed E-state index contributed by atoms with van der Waals surface area (Å²) in [7, 11) is -3.41. The van der Waals surface area contributed by atoms with Gasteiger partial charge in [-0.3, -0.25) is 0 Å². The molecule has 1 saturated heterocycles. The molecule has 0 bridgehead atoms. The summed E-state index contributed by atoms with van der Waals surface area (Å²) in [6.07, 6.45) is 0.991. The summed E-state index contributed by atoms with van der Waals surface area (Å²) in [5.41, 5.74) is 2.32. The van der Waals surface area contributed by atoms with Gasteiger partial charge in [0.1, 0.15) is 0 Å². The van der Waals surface area contributed by atoms with Crippen molar-refractivity contribution in [3.63, 3.8) is 0 Å². The van der Waals surface area contributed by atoms with Crippen molar-refractivity contribution in [1.29, 1.82) is 0 Å². The summed E-state index contributed by atoms with van der Waals surface area (Å²) >= 11 is 0. The van der Waals surface area contributed by atoms with Crippen molar-refractivity contribution in [2.24, 2.45) is 0 Å². The first-order valence-corrected chi connectivity index (χ1v) is 9.50. The largest absolute Gasteiger partial charge is 0.313 e. The molecule has 1 N–H and O–H groups in total. The van der Waals surface area contributed by atoms with Gasteiger partial charge in [0, 0.05) is 32.7 Å². The second-order valence-corrected chi connectivity index (χ2v) is 7.40. The molecule has 124 valence electrons. The highest BCUT2D eigenvalue weighted by Crippen LogP contribution is 2.27. The van der Waals surface area contributed by atoms with Crippen LogP contribution in [0.4, 0.5) is 0 Å². The van der Waals surface area contributed by atoms with E-state index in [9.17, 15) is 8.42 Å². The predicted molar refractivity (Wildman–Crippen MR) is 90.0 cm³/mol. The number of nitrogens with zero attached hydrogens (tertiary/aromatic N) is 2. The normalized spacial score (nSPS) is 20.5. The quantitative estimate of drug-likeness (QED) is 0.867. The van der Waals surface area contributed by atoms with E-state index in [2.05, 4.69) is 36.5 Å². The number of aryl methyl sites for hydroxylation is 1. The Hall–Kier alpha value is -0.950. The Balaban J connectivity index is 2.31. The zero-order valence-corrected chi connectivity index (χ0v) is 14.6. The van der Waals surface area contributed by atoms with Crippen molar-refractivity contribution < 1.29 is 8.42 Å². The lowest BCUT2D eigenvalue weighted by atomic mass is 10.0. The lowest BCUT2D eigenvalue weighted by molar-refractivity contribution is 0.249. The molecule has 1 fully saturated rings. The van der Waals surface area contributed by atoms with E-state index < -0.39 is 10.2 Å². The van der Waals surface area contributed by atoms with Gasteiger partial charge in [0.15, 0.2) is 0 Å². The minimum absolute atomic E-state index is 0.134. The third-order valence-electron chi connectivity index (χ3n) is 4.30. The maximum absolute atomic E-state index is 12.9. The summed E-state index contributed by atoms with van der Waals surface area (Å²) < 4.78 is 28.9. The van der Waals surface area contributed by atoms with Crippen LogP contribution in [0.25, 0.3) is 0 Å². The van der Waals surface area contributed by atoms with Crippen molar-refractivity contribution in [1.82, 2.24) is 13.9 Å². The average Bonchev–Trinajstić information content (AvgIpc) is 2.56. The van der Waals surface area contributed by atoms with Crippen LogP contribution in [0, 0.1) is 0 Å². The van der Waals surface area contributed by atoms with Crippen LogP contribution < -0.4 is 5.32 Å². The predicted octanol–water partition coefficient (Wildman–Crippen LogP) is 1.78. The van der Waals surface area contributed by atoms with Gasteiger partial charge >= 0.3 is 0 Å². The molecule has 6 heteroatoms. The minimum Gasteiger partial charge on any atom is -0.313 e. The Morgan fingerprint density at radius 3 is 2.36 bits per heavy atom. The van der Waals surface area contributed by atoms with E-state index in [1.807, 2.05) is 13.8 Å². The third-order valence-corrected chi connectivity index (χ3v) is 6.49. The van der Waals surface area contributed by atoms with Crippen molar-refractivity contribution in [2.75, 3.05) is 32.7 Å². The van der Waals surface area contributed by atoms with Crippen LogP contribution in [0.15, 0.2) is 24.3 Å². The number of nitrogens with one attached hydrogen (secondary N) is 1. The first-order valence-electron chi connectivity index (χ1n) is 8.11. The summed E-state index contributed by atoms with van der Waals surface area (Å²) in [5.74, 6) is 0. The number of piperazine rings is 1. The minimum atomic E-state index is -3.41. The monoisotopic (exact) mass is 325 g/mol. The molecule has 1 aromatic carbocycles. The molecule has 22 heavy (non-hydrogen) atoms.